The monoisotopic (exact) mass is 303 g/mol. The fraction of sp³-hybridized carbons (Fsp3) is 0.412. The lowest BCUT2D eigenvalue weighted by molar-refractivity contribution is -0.130. The van der Waals surface area contributed by atoms with Crippen LogP contribution in [0.5, 0.6) is 0 Å². The lowest BCUT2D eigenvalue weighted by Crippen LogP contribution is -2.48. The first-order valence-electron chi connectivity index (χ1n) is 7.14. The van der Waals surface area contributed by atoms with Gasteiger partial charge in [-0.15, -0.1) is 0 Å². The predicted octanol–water partition coefficient (Wildman–Crippen LogP) is 4.41. The van der Waals surface area contributed by atoms with E-state index in [-0.39, 0.29) is 28.4 Å². The minimum Gasteiger partial charge on any atom is -0.274 e. The summed E-state index contributed by atoms with van der Waals surface area (Å²) in [5.74, 6) is 0.0681. The molecule has 2 atom stereocenters. The molecule has 3 nitrogen and oxygen atoms in total. The van der Waals surface area contributed by atoms with Gasteiger partial charge in [-0.1, -0.05) is 68.1 Å². The number of nitrogens with zero attached hydrogens (tertiary/aromatic N) is 1. The number of amides is 2. The maximum absolute atomic E-state index is 12.5. The average Bonchev–Trinajstić information content (AvgIpc) is 2.42. The highest BCUT2D eigenvalue weighted by molar-refractivity contribution is 8.13. The van der Waals surface area contributed by atoms with Gasteiger partial charge in [0, 0.05) is 11.7 Å². The van der Waals surface area contributed by atoms with Crippen molar-refractivity contribution >= 4 is 22.9 Å². The second-order valence-electron chi connectivity index (χ2n) is 5.79. The van der Waals surface area contributed by atoms with Crippen LogP contribution in [0.1, 0.15) is 38.0 Å². The van der Waals surface area contributed by atoms with Gasteiger partial charge in [-0.05, 0) is 18.4 Å². The van der Waals surface area contributed by atoms with E-state index in [2.05, 4.69) is 6.58 Å². The molecular formula is C17H21NO2S. The van der Waals surface area contributed by atoms with Crippen molar-refractivity contribution in [2.24, 2.45) is 5.92 Å². The van der Waals surface area contributed by atoms with Gasteiger partial charge in [0.2, 0.25) is 5.91 Å². The molecule has 0 unspecified atom stereocenters. The van der Waals surface area contributed by atoms with E-state index in [0.717, 1.165) is 11.1 Å². The summed E-state index contributed by atoms with van der Waals surface area (Å²) in [6, 6.07) is 9.51. The molecule has 1 aliphatic rings. The molecule has 0 aromatic heterocycles. The van der Waals surface area contributed by atoms with Gasteiger partial charge in [-0.3, -0.25) is 14.5 Å². The third-order valence-corrected chi connectivity index (χ3v) is 4.78. The van der Waals surface area contributed by atoms with Crippen LogP contribution in [0.3, 0.4) is 0 Å². The van der Waals surface area contributed by atoms with Crippen LogP contribution in [0.4, 0.5) is 4.79 Å². The van der Waals surface area contributed by atoms with E-state index in [0.29, 0.717) is 6.42 Å². The Hall–Kier alpha value is -1.55. The summed E-state index contributed by atoms with van der Waals surface area (Å²) in [6.45, 7) is 9.83. The third kappa shape index (κ3) is 3.38. The van der Waals surface area contributed by atoms with E-state index >= 15 is 0 Å². The van der Waals surface area contributed by atoms with Crippen molar-refractivity contribution in [3.05, 3.63) is 48.0 Å². The van der Waals surface area contributed by atoms with Crippen molar-refractivity contribution in [2.45, 2.75) is 38.5 Å². The summed E-state index contributed by atoms with van der Waals surface area (Å²) in [7, 11) is 0. The van der Waals surface area contributed by atoms with Crippen molar-refractivity contribution in [2.75, 3.05) is 0 Å². The van der Waals surface area contributed by atoms with Gasteiger partial charge >= 0.3 is 0 Å². The quantitative estimate of drug-likeness (QED) is 0.773. The number of hydrogen-bond acceptors (Lipinski definition) is 3. The standard InChI is InChI=1S/C17H21NO2S/c1-11(2)16(12(3)4)18-15(19)10-14(21-17(18)20)13-8-6-5-7-9-13/h5-9,12,14,16H,1,10H2,2-4H3/t14-,16+/m0/s1. The highest BCUT2D eigenvalue weighted by atomic mass is 32.2. The molecule has 1 aromatic carbocycles. The van der Waals surface area contributed by atoms with Crippen molar-refractivity contribution in [1.82, 2.24) is 4.90 Å². The first kappa shape index (κ1) is 15.8. The largest absolute Gasteiger partial charge is 0.289 e. The van der Waals surface area contributed by atoms with Gasteiger partial charge in [-0.25, -0.2) is 0 Å². The molecule has 1 aliphatic heterocycles. The number of hydrogen-bond donors (Lipinski definition) is 0. The first-order valence-corrected chi connectivity index (χ1v) is 8.02. The maximum atomic E-state index is 12.5. The molecule has 1 heterocycles. The number of benzene rings is 1. The minimum absolute atomic E-state index is 0.0830. The third-order valence-electron chi connectivity index (χ3n) is 3.65. The van der Waals surface area contributed by atoms with Crippen LogP contribution >= 0.6 is 11.8 Å². The molecule has 4 heteroatoms. The summed E-state index contributed by atoms with van der Waals surface area (Å²) in [5.41, 5.74) is 1.88. The summed E-state index contributed by atoms with van der Waals surface area (Å²) >= 11 is 1.24. The lowest BCUT2D eigenvalue weighted by Gasteiger charge is -2.37. The molecule has 0 N–H and O–H groups in total. The minimum atomic E-state index is -0.214. The number of imide groups is 1. The highest BCUT2D eigenvalue weighted by Gasteiger charge is 2.39. The van der Waals surface area contributed by atoms with Crippen molar-refractivity contribution in [3.8, 4) is 0 Å². The zero-order chi connectivity index (χ0) is 15.6. The highest BCUT2D eigenvalue weighted by Crippen LogP contribution is 2.40. The van der Waals surface area contributed by atoms with E-state index in [1.165, 1.54) is 16.7 Å². The summed E-state index contributed by atoms with van der Waals surface area (Å²) in [6.07, 6.45) is 0.358. The molecule has 0 bridgehead atoms. The number of carbonyl (C=O) groups is 2. The van der Waals surface area contributed by atoms with Gasteiger partial charge in [-0.2, -0.15) is 0 Å². The van der Waals surface area contributed by atoms with Crippen molar-refractivity contribution in [1.29, 1.82) is 0 Å². The van der Waals surface area contributed by atoms with Gasteiger partial charge in [0.25, 0.3) is 5.24 Å². The molecule has 0 spiro atoms. The SMILES string of the molecule is C=C(C)[C@H](C(C)C)N1C(=O)C[C@@H](c2ccccc2)SC1=O. The zero-order valence-corrected chi connectivity index (χ0v) is 13.5. The zero-order valence-electron chi connectivity index (χ0n) is 12.7. The van der Waals surface area contributed by atoms with E-state index in [1.807, 2.05) is 51.1 Å². The van der Waals surface area contributed by atoms with E-state index in [9.17, 15) is 9.59 Å². The lowest BCUT2D eigenvalue weighted by atomic mass is 9.96. The van der Waals surface area contributed by atoms with Crippen LogP contribution in [0.2, 0.25) is 0 Å². The molecule has 1 aromatic rings. The molecule has 21 heavy (non-hydrogen) atoms. The van der Waals surface area contributed by atoms with Crippen LogP contribution < -0.4 is 0 Å². The summed E-state index contributed by atoms with van der Waals surface area (Å²) in [5, 5.41) is -0.248. The van der Waals surface area contributed by atoms with Crippen molar-refractivity contribution < 1.29 is 9.59 Å². The Morgan fingerprint density at radius 2 is 1.90 bits per heavy atom. The number of rotatable bonds is 4. The average molecular weight is 303 g/mol. The van der Waals surface area contributed by atoms with E-state index < -0.39 is 0 Å². The Kier molecular flexibility index (Phi) is 4.88. The molecule has 0 aliphatic carbocycles. The molecule has 1 fully saturated rings. The molecule has 0 saturated carbocycles. The number of carbonyl (C=O) groups excluding carboxylic acids is 2. The smallest absolute Gasteiger partial charge is 0.274 e. The normalized spacial score (nSPS) is 20.8. The summed E-state index contributed by atoms with van der Waals surface area (Å²) in [4.78, 5) is 26.4. The molecule has 2 rings (SSSR count). The molecular weight excluding hydrogens is 282 g/mol. The van der Waals surface area contributed by atoms with Crippen LogP contribution in [0, 0.1) is 5.92 Å². The van der Waals surface area contributed by atoms with Crippen LogP contribution in [0.25, 0.3) is 0 Å². The Balaban J connectivity index is 2.22. The van der Waals surface area contributed by atoms with Gasteiger partial charge in [0.1, 0.15) is 0 Å². The topological polar surface area (TPSA) is 37.4 Å². The van der Waals surface area contributed by atoms with E-state index in [4.69, 9.17) is 0 Å². The van der Waals surface area contributed by atoms with Crippen LogP contribution in [-0.2, 0) is 4.79 Å². The van der Waals surface area contributed by atoms with Gasteiger partial charge in [0.15, 0.2) is 0 Å². The van der Waals surface area contributed by atoms with Crippen LogP contribution in [0.15, 0.2) is 42.5 Å². The Morgan fingerprint density at radius 1 is 1.29 bits per heavy atom. The Labute approximate surface area is 130 Å². The fourth-order valence-corrected chi connectivity index (χ4v) is 3.88. The Bertz CT molecular complexity index is 535. The number of thioether (sulfide) groups is 1. The van der Waals surface area contributed by atoms with E-state index in [1.54, 1.807) is 0 Å². The second kappa shape index (κ2) is 6.48. The molecule has 1 saturated heterocycles. The van der Waals surface area contributed by atoms with Crippen LogP contribution in [-0.4, -0.2) is 22.1 Å². The molecule has 112 valence electrons. The molecule has 0 radical (unpaired) electrons. The van der Waals surface area contributed by atoms with Crippen molar-refractivity contribution in [3.63, 3.8) is 0 Å². The first-order chi connectivity index (χ1) is 9.91. The second-order valence-corrected chi connectivity index (χ2v) is 6.94. The Morgan fingerprint density at radius 3 is 2.38 bits per heavy atom. The maximum Gasteiger partial charge on any atom is 0.289 e. The summed E-state index contributed by atoms with van der Waals surface area (Å²) < 4.78 is 0. The fourth-order valence-electron chi connectivity index (χ4n) is 2.79. The van der Waals surface area contributed by atoms with Gasteiger partial charge < -0.3 is 0 Å². The molecule has 2 amide bonds. The predicted molar refractivity (Wildman–Crippen MR) is 87.1 cm³/mol. The van der Waals surface area contributed by atoms with Gasteiger partial charge in [0.05, 0.1) is 6.04 Å².